The van der Waals surface area contributed by atoms with Crippen LogP contribution in [-0.4, -0.2) is 52.5 Å². The monoisotopic (exact) mass is 382 g/mol. The van der Waals surface area contributed by atoms with E-state index in [9.17, 15) is 9.59 Å². The molecule has 1 aromatic heterocycles. The van der Waals surface area contributed by atoms with Crippen LogP contribution in [0.25, 0.3) is 0 Å². The fourth-order valence-electron chi connectivity index (χ4n) is 1.72. The van der Waals surface area contributed by atoms with Gasteiger partial charge in [-0.15, -0.1) is 10.2 Å². The number of carbonyl (C=O) groups is 2. The molecule has 0 fully saturated rings. The van der Waals surface area contributed by atoms with Crippen LogP contribution in [0.4, 0.5) is 5.69 Å². The average Bonchev–Trinajstić information content (AvgIpc) is 3.01. The van der Waals surface area contributed by atoms with Crippen molar-refractivity contribution < 1.29 is 9.59 Å². The van der Waals surface area contributed by atoms with Crippen molar-refractivity contribution in [3.8, 4) is 0 Å². The number of thioether (sulfide) groups is 2. The summed E-state index contributed by atoms with van der Waals surface area (Å²) in [6.45, 7) is 2.06. The Morgan fingerprint density at radius 1 is 1.12 bits per heavy atom. The molecular formula is C15H18N4O2S3. The Labute approximate surface area is 153 Å². The summed E-state index contributed by atoms with van der Waals surface area (Å²) in [4.78, 5) is 25.3. The van der Waals surface area contributed by atoms with Crippen molar-refractivity contribution in [3.05, 3.63) is 29.8 Å². The summed E-state index contributed by atoms with van der Waals surface area (Å²) < 4.78 is 1.70. The molecule has 0 saturated heterocycles. The summed E-state index contributed by atoms with van der Waals surface area (Å²) in [6, 6.07) is 6.84. The highest BCUT2D eigenvalue weighted by Gasteiger charge is 2.10. The standard InChI is InChI=1S/C15H18N4O2S3/c1-4-22-14-17-18-15(24-14)23-9-12(20)16-11-7-5-10(6-8-11)13(21)19(2)3/h5-8H,4,9H2,1-3H3,(H,16,20). The van der Waals surface area contributed by atoms with Gasteiger partial charge in [0, 0.05) is 25.3 Å². The zero-order chi connectivity index (χ0) is 17.5. The molecule has 0 bridgehead atoms. The maximum Gasteiger partial charge on any atom is 0.253 e. The van der Waals surface area contributed by atoms with Gasteiger partial charge in [0.2, 0.25) is 5.91 Å². The van der Waals surface area contributed by atoms with E-state index >= 15 is 0 Å². The molecule has 1 aromatic carbocycles. The second kappa shape index (κ2) is 9.05. The van der Waals surface area contributed by atoms with Crippen LogP contribution < -0.4 is 5.32 Å². The van der Waals surface area contributed by atoms with Gasteiger partial charge in [0.25, 0.3) is 5.91 Å². The van der Waals surface area contributed by atoms with Gasteiger partial charge >= 0.3 is 0 Å². The molecule has 0 spiro atoms. The minimum Gasteiger partial charge on any atom is -0.345 e. The topological polar surface area (TPSA) is 75.2 Å². The lowest BCUT2D eigenvalue weighted by Crippen LogP contribution is -2.21. The van der Waals surface area contributed by atoms with Gasteiger partial charge in [-0.2, -0.15) is 0 Å². The molecule has 0 saturated carbocycles. The quantitative estimate of drug-likeness (QED) is 0.742. The maximum atomic E-state index is 12.0. The van der Waals surface area contributed by atoms with Gasteiger partial charge in [-0.25, -0.2) is 0 Å². The minimum atomic E-state index is -0.119. The van der Waals surface area contributed by atoms with Gasteiger partial charge in [-0.1, -0.05) is 41.8 Å². The molecule has 6 nitrogen and oxygen atoms in total. The normalized spacial score (nSPS) is 10.5. The molecule has 0 aliphatic heterocycles. The number of amides is 2. The van der Waals surface area contributed by atoms with Crippen molar-refractivity contribution in [1.29, 1.82) is 0 Å². The van der Waals surface area contributed by atoms with Gasteiger partial charge in [0.1, 0.15) is 0 Å². The molecule has 128 valence electrons. The Kier molecular flexibility index (Phi) is 7.07. The fraction of sp³-hybridized carbons (Fsp3) is 0.333. The van der Waals surface area contributed by atoms with Crippen LogP contribution in [0.3, 0.4) is 0 Å². The Balaban J connectivity index is 1.84. The van der Waals surface area contributed by atoms with Crippen LogP contribution in [0.5, 0.6) is 0 Å². The van der Waals surface area contributed by atoms with Crippen molar-refractivity contribution in [2.45, 2.75) is 15.6 Å². The molecule has 2 amide bonds. The highest BCUT2D eigenvalue weighted by atomic mass is 32.2. The summed E-state index contributed by atoms with van der Waals surface area (Å²) in [5.41, 5.74) is 1.25. The van der Waals surface area contributed by atoms with Crippen molar-refractivity contribution in [1.82, 2.24) is 15.1 Å². The second-order valence-corrected chi connectivity index (χ2v) is 8.59. The molecule has 9 heteroatoms. The second-order valence-electron chi connectivity index (χ2n) is 4.88. The van der Waals surface area contributed by atoms with Crippen molar-refractivity contribution >= 4 is 52.4 Å². The van der Waals surface area contributed by atoms with E-state index in [2.05, 4.69) is 22.4 Å². The number of hydrogen-bond acceptors (Lipinski definition) is 7. The van der Waals surface area contributed by atoms with Crippen LogP contribution in [0.15, 0.2) is 32.9 Å². The van der Waals surface area contributed by atoms with E-state index in [0.717, 1.165) is 14.4 Å². The number of nitrogens with one attached hydrogen (secondary N) is 1. The van der Waals surface area contributed by atoms with E-state index < -0.39 is 0 Å². The average molecular weight is 383 g/mol. The summed E-state index contributed by atoms with van der Waals surface area (Å²) in [5.74, 6) is 1.03. The molecular weight excluding hydrogens is 364 g/mol. The molecule has 0 aliphatic carbocycles. The summed E-state index contributed by atoms with van der Waals surface area (Å²) >= 11 is 4.50. The van der Waals surface area contributed by atoms with Gasteiger partial charge in [-0.05, 0) is 30.0 Å². The van der Waals surface area contributed by atoms with Crippen LogP contribution in [0, 0.1) is 0 Å². The predicted octanol–water partition coefficient (Wildman–Crippen LogP) is 3.08. The summed E-state index contributed by atoms with van der Waals surface area (Å²) in [5, 5.41) is 10.9. The first-order valence-electron chi connectivity index (χ1n) is 7.20. The van der Waals surface area contributed by atoms with E-state index in [1.807, 2.05) is 0 Å². The van der Waals surface area contributed by atoms with Crippen LogP contribution in [-0.2, 0) is 4.79 Å². The third-order valence-corrected chi connectivity index (χ3v) is 5.88. The van der Waals surface area contributed by atoms with E-state index in [1.54, 1.807) is 50.1 Å². The first kappa shape index (κ1) is 18.8. The zero-order valence-corrected chi connectivity index (χ0v) is 16.1. The Morgan fingerprint density at radius 2 is 1.75 bits per heavy atom. The SMILES string of the molecule is CCSc1nnc(SCC(=O)Nc2ccc(C(=O)N(C)C)cc2)s1. The summed E-state index contributed by atoms with van der Waals surface area (Å²) in [7, 11) is 3.40. The first-order valence-corrected chi connectivity index (χ1v) is 9.99. The van der Waals surface area contributed by atoms with Crippen molar-refractivity contribution in [2.24, 2.45) is 0 Å². The Hall–Kier alpha value is -1.58. The number of benzene rings is 1. The van der Waals surface area contributed by atoms with Crippen molar-refractivity contribution in [3.63, 3.8) is 0 Å². The Morgan fingerprint density at radius 3 is 2.33 bits per heavy atom. The van der Waals surface area contributed by atoms with E-state index in [1.165, 1.54) is 28.0 Å². The predicted molar refractivity (Wildman–Crippen MR) is 100 cm³/mol. The summed E-state index contributed by atoms with van der Waals surface area (Å²) in [6.07, 6.45) is 0. The highest BCUT2D eigenvalue weighted by molar-refractivity contribution is 8.03. The maximum absolute atomic E-state index is 12.0. The van der Waals surface area contributed by atoms with Gasteiger partial charge < -0.3 is 10.2 Å². The van der Waals surface area contributed by atoms with Crippen LogP contribution in [0.1, 0.15) is 17.3 Å². The molecule has 1 N–H and O–H groups in total. The third kappa shape index (κ3) is 5.50. The number of nitrogens with zero attached hydrogens (tertiary/aromatic N) is 3. The third-order valence-electron chi connectivity index (χ3n) is 2.80. The smallest absolute Gasteiger partial charge is 0.253 e. The number of anilines is 1. The highest BCUT2D eigenvalue weighted by Crippen LogP contribution is 2.28. The Bertz CT molecular complexity index is 701. The molecule has 2 aromatic rings. The minimum absolute atomic E-state index is 0.0690. The number of aromatic nitrogens is 2. The van der Waals surface area contributed by atoms with Crippen LogP contribution in [0.2, 0.25) is 0 Å². The first-order chi connectivity index (χ1) is 11.5. The number of hydrogen-bond donors (Lipinski definition) is 1. The molecule has 0 radical (unpaired) electrons. The van der Waals surface area contributed by atoms with E-state index in [4.69, 9.17) is 0 Å². The lowest BCUT2D eigenvalue weighted by molar-refractivity contribution is -0.113. The van der Waals surface area contributed by atoms with Gasteiger partial charge in [0.05, 0.1) is 5.75 Å². The largest absolute Gasteiger partial charge is 0.345 e. The molecule has 0 unspecified atom stereocenters. The van der Waals surface area contributed by atoms with Gasteiger partial charge in [0.15, 0.2) is 8.68 Å². The lowest BCUT2D eigenvalue weighted by atomic mass is 10.2. The molecule has 0 atom stereocenters. The zero-order valence-electron chi connectivity index (χ0n) is 13.6. The number of rotatable bonds is 7. The number of carbonyl (C=O) groups excluding carboxylic acids is 2. The molecule has 2 rings (SSSR count). The molecule has 24 heavy (non-hydrogen) atoms. The molecule has 0 aliphatic rings. The fourth-order valence-corrected chi connectivity index (χ4v) is 4.43. The van der Waals surface area contributed by atoms with Crippen molar-refractivity contribution in [2.75, 3.05) is 30.9 Å². The van der Waals surface area contributed by atoms with E-state index in [-0.39, 0.29) is 17.6 Å². The lowest BCUT2D eigenvalue weighted by Gasteiger charge is -2.10. The molecule has 1 heterocycles. The van der Waals surface area contributed by atoms with E-state index in [0.29, 0.717) is 11.3 Å². The van der Waals surface area contributed by atoms with Crippen LogP contribution >= 0.6 is 34.9 Å². The van der Waals surface area contributed by atoms with Gasteiger partial charge in [-0.3, -0.25) is 9.59 Å².